The Morgan fingerprint density at radius 2 is 1.52 bits per heavy atom. The van der Waals surface area contributed by atoms with Crippen LogP contribution in [0.2, 0.25) is 0 Å². The number of nitrogens with one attached hydrogen (secondary N) is 1. The van der Waals surface area contributed by atoms with E-state index < -0.39 is 54.5 Å². The molecule has 1 fully saturated rings. The molecule has 0 saturated carbocycles. The Morgan fingerprint density at radius 1 is 0.960 bits per heavy atom. The van der Waals surface area contributed by atoms with Crippen LogP contribution in [0.3, 0.4) is 0 Å². The summed E-state index contributed by atoms with van der Waals surface area (Å²) in [6, 6.07) is -1.06. The van der Waals surface area contributed by atoms with Gasteiger partial charge in [0, 0.05) is 27.7 Å². The van der Waals surface area contributed by atoms with Crippen LogP contribution in [0.25, 0.3) is 0 Å². The maximum atomic E-state index is 11.5. The highest BCUT2D eigenvalue weighted by molar-refractivity contribution is 6.07. The van der Waals surface area contributed by atoms with E-state index in [0.29, 0.717) is 0 Å². The van der Waals surface area contributed by atoms with E-state index in [2.05, 4.69) is 9.61 Å². The van der Waals surface area contributed by atoms with Gasteiger partial charge < -0.3 is 24.3 Å². The average molecular weight is 382 g/mol. The van der Waals surface area contributed by atoms with Gasteiger partial charge in [-0.3, -0.25) is 19.2 Å². The topological polar surface area (TPSA) is 126 Å². The van der Waals surface area contributed by atoms with Crippen LogP contribution in [0.5, 0.6) is 0 Å². The Labute approximate surface area is 149 Å². The molecule has 10 nitrogen and oxygen atoms in total. The van der Waals surface area contributed by atoms with Crippen molar-refractivity contribution in [3.05, 3.63) is 0 Å². The summed E-state index contributed by atoms with van der Waals surface area (Å²) in [5.74, 6) is -2.46. The van der Waals surface area contributed by atoms with Gasteiger partial charge in [-0.25, -0.2) is 4.29 Å². The number of carbonyl (C=O) groups excluding carboxylic acids is 4. The van der Waals surface area contributed by atoms with Gasteiger partial charge in [0.25, 0.3) is 0 Å². The highest BCUT2D eigenvalue weighted by Gasteiger charge is 2.51. The van der Waals surface area contributed by atoms with E-state index >= 15 is 0 Å². The van der Waals surface area contributed by atoms with Crippen molar-refractivity contribution in [1.29, 1.82) is 0 Å². The number of carbonyl (C=O) groups is 4. The van der Waals surface area contributed by atoms with Crippen molar-refractivity contribution < 1.29 is 42.4 Å². The highest BCUT2D eigenvalue weighted by Crippen LogP contribution is 2.28. The fourth-order valence-corrected chi connectivity index (χ4v) is 2.52. The van der Waals surface area contributed by atoms with Crippen LogP contribution in [0.15, 0.2) is 0 Å². The van der Waals surface area contributed by atoms with Crippen LogP contribution in [0, 0.1) is 0 Å². The lowest BCUT2D eigenvalue weighted by atomic mass is 9.96. The molecule has 1 heterocycles. The zero-order chi connectivity index (χ0) is 19.1. The fraction of sp³-hybridized carbons (Fsp3) is 0.714. The Hall–Kier alpha value is -1.91. The molecule has 0 spiro atoms. The molecular weight excluding hydrogens is 362 g/mol. The van der Waals surface area contributed by atoms with Crippen LogP contribution in [0.4, 0.5) is 0 Å². The van der Waals surface area contributed by atoms with Crippen molar-refractivity contribution in [3.8, 4) is 0 Å². The molecule has 0 aliphatic carbocycles. The molecule has 1 aliphatic rings. The number of hydrogen-bond acceptors (Lipinski definition) is 9. The third-order valence-electron chi connectivity index (χ3n) is 3.16. The normalized spacial score (nSPS) is 28.6. The Bertz CT molecular complexity index is 526. The Morgan fingerprint density at radius 3 is 1.96 bits per heavy atom. The highest BCUT2D eigenvalue weighted by atomic mass is 35.5. The second kappa shape index (κ2) is 9.54. The molecule has 0 unspecified atom stereocenters. The molecule has 0 bridgehead atoms. The molecule has 5 atom stereocenters. The van der Waals surface area contributed by atoms with Crippen LogP contribution in [-0.4, -0.2) is 61.1 Å². The summed E-state index contributed by atoms with van der Waals surface area (Å²) in [5, 5.41) is 2.48. The minimum absolute atomic E-state index is 0.311. The fourth-order valence-electron chi connectivity index (χ4n) is 2.37. The second-order valence-corrected chi connectivity index (χ2v) is 5.49. The first kappa shape index (κ1) is 21.1. The van der Waals surface area contributed by atoms with Gasteiger partial charge in [-0.05, 0) is 0 Å². The molecule has 1 aliphatic heterocycles. The van der Waals surface area contributed by atoms with Crippen molar-refractivity contribution >= 4 is 35.7 Å². The number of rotatable bonds is 6. The predicted molar refractivity (Wildman–Crippen MR) is 80.9 cm³/mol. The van der Waals surface area contributed by atoms with Crippen molar-refractivity contribution in [2.45, 2.75) is 58.3 Å². The standard InChI is InChI=1S/C14H20ClNO9/c1-6(17)16-11-13(23-9(4)20)12(22-8(3)19)10(5-21-7(2)18)24-14(11)25-15/h10-14H,5H2,1-4H3,(H,16,17)/t10-,11-,12-,13-,14-/m0/s1. The molecule has 0 aromatic carbocycles. The Kier molecular flexibility index (Phi) is 8.07. The molecule has 0 radical (unpaired) electrons. The Balaban J connectivity index is 3.18. The molecule has 1 N–H and O–H groups in total. The molecule has 0 aromatic rings. The summed E-state index contributed by atoms with van der Waals surface area (Å²) in [5.41, 5.74) is 0. The lowest BCUT2D eigenvalue weighted by Crippen LogP contribution is -2.66. The number of hydrogen-bond donors (Lipinski definition) is 1. The predicted octanol–water partition coefficient (Wildman–Crippen LogP) is -0.187. The molecule has 1 rings (SSSR count). The van der Waals surface area contributed by atoms with E-state index in [-0.39, 0.29) is 6.61 Å². The summed E-state index contributed by atoms with van der Waals surface area (Å²) < 4.78 is 25.4. The minimum Gasteiger partial charge on any atom is -0.463 e. The van der Waals surface area contributed by atoms with Gasteiger partial charge in [-0.1, -0.05) is 0 Å². The van der Waals surface area contributed by atoms with Crippen molar-refractivity contribution in [2.24, 2.45) is 0 Å². The monoisotopic (exact) mass is 381 g/mol. The van der Waals surface area contributed by atoms with E-state index in [9.17, 15) is 19.2 Å². The lowest BCUT2D eigenvalue weighted by Gasteiger charge is -2.43. The quantitative estimate of drug-likeness (QED) is 0.492. The molecule has 1 saturated heterocycles. The van der Waals surface area contributed by atoms with Gasteiger partial charge in [-0.15, -0.1) is 0 Å². The summed E-state index contributed by atoms with van der Waals surface area (Å²) in [7, 11) is 0. The average Bonchev–Trinajstić information content (AvgIpc) is 2.48. The summed E-state index contributed by atoms with van der Waals surface area (Å²) >= 11 is 5.41. The molecule has 1 amide bonds. The van der Waals surface area contributed by atoms with E-state index in [1.54, 1.807) is 0 Å². The van der Waals surface area contributed by atoms with Crippen LogP contribution in [0.1, 0.15) is 27.7 Å². The van der Waals surface area contributed by atoms with Crippen LogP contribution < -0.4 is 5.32 Å². The first-order valence-electron chi connectivity index (χ1n) is 7.33. The number of esters is 3. The number of halogens is 1. The molecule has 25 heavy (non-hydrogen) atoms. The first-order valence-corrected chi connectivity index (χ1v) is 7.64. The van der Waals surface area contributed by atoms with E-state index in [4.69, 9.17) is 30.8 Å². The first-order chi connectivity index (χ1) is 11.6. The van der Waals surface area contributed by atoms with Gasteiger partial charge in [0.15, 0.2) is 12.2 Å². The van der Waals surface area contributed by atoms with E-state index in [0.717, 1.165) is 13.8 Å². The van der Waals surface area contributed by atoms with Gasteiger partial charge >= 0.3 is 17.9 Å². The maximum Gasteiger partial charge on any atom is 0.303 e. The smallest absolute Gasteiger partial charge is 0.303 e. The van der Waals surface area contributed by atoms with Gasteiger partial charge in [-0.2, -0.15) is 0 Å². The zero-order valence-electron chi connectivity index (χ0n) is 14.1. The largest absolute Gasteiger partial charge is 0.463 e. The van der Waals surface area contributed by atoms with Gasteiger partial charge in [0.1, 0.15) is 18.8 Å². The van der Waals surface area contributed by atoms with Crippen LogP contribution in [-0.2, 0) is 42.4 Å². The number of ether oxygens (including phenoxy) is 4. The summed E-state index contributed by atoms with van der Waals surface area (Å²) in [4.78, 5) is 45.4. The molecular formula is C14H20ClNO9. The van der Waals surface area contributed by atoms with Crippen molar-refractivity contribution in [3.63, 3.8) is 0 Å². The van der Waals surface area contributed by atoms with Crippen molar-refractivity contribution in [1.82, 2.24) is 5.32 Å². The van der Waals surface area contributed by atoms with Crippen LogP contribution >= 0.6 is 11.9 Å². The molecule has 142 valence electrons. The maximum absolute atomic E-state index is 11.5. The third-order valence-corrected chi connectivity index (χ3v) is 3.33. The third kappa shape index (κ3) is 6.48. The minimum atomic E-state index is -1.25. The van der Waals surface area contributed by atoms with E-state index in [1.165, 1.54) is 13.8 Å². The summed E-state index contributed by atoms with van der Waals surface area (Å²) in [6.07, 6.45) is -4.63. The second-order valence-electron chi connectivity index (χ2n) is 5.31. The molecule has 11 heteroatoms. The number of amides is 1. The zero-order valence-corrected chi connectivity index (χ0v) is 14.9. The molecule has 0 aromatic heterocycles. The summed E-state index contributed by atoms with van der Waals surface area (Å²) in [6.45, 7) is 4.38. The lowest BCUT2D eigenvalue weighted by molar-refractivity contribution is -0.256. The van der Waals surface area contributed by atoms with Gasteiger partial charge in [0.05, 0.1) is 11.9 Å². The van der Waals surface area contributed by atoms with Crippen molar-refractivity contribution in [2.75, 3.05) is 6.61 Å². The van der Waals surface area contributed by atoms with Gasteiger partial charge in [0.2, 0.25) is 12.2 Å². The SMILES string of the molecule is CC(=O)N[C@@H]1[C@H](OCl)O[C@@H](COC(C)=O)[C@H](OC(C)=O)[C@H]1OC(C)=O. The van der Waals surface area contributed by atoms with E-state index in [1.807, 2.05) is 0 Å².